The maximum Gasteiger partial charge on any atom is 0.410 e. The fourth-order valence-corrected chi connectivity index (χ4v) is 5.94. The molecule has 2 heterocycles. The van der Waals surface area contributed by atoms with Crippen molar-refractivity contribution in [3.8, 4) is 5.88 Å². The summed E-state index contributed by atoms with van der Waals surface area (Å²) in [5.41, 5.74) is 2.99. The van der Waals surface area contributed by atoms with Crippen molar-refractivity contribution in [3.05, 3.63) is 96.2 Å². The fraction of sp³-hybridized carbons (Fsp3) is 0.344. The minimum absolute atomic E-state index is 0.292. The van der Waals surface area contributed by atoms with Crippen LogP contribution in [0, 0.1) is 0 Å². The standard InChI is InChI=1S/C32H35N3O3/c36-31-29-22-28(17-16-26(29)23-35(31)27-14-8-3-9-15-27)33-18-20-34(21-19-33)32(37)38-30(24-10-4-1-5-11-24)25-12-6-2-7-13-25/h1-2,4-7,10-13,16-17,22-23,27,30,36H,3,8-9,14-15,18-21H2. The number of benzene rings is 3. The first kappa shape index (κ1) is 24.4. The van der Waals surface area contributed by atoms with E-state index >= 15 is 0 Å². The molecule has 2 fully saturated rings. The normalized spacial score (nSPS) is 16.8. The smallest absolute Gasteiger partial charge is 0.410 e. The van der Waals surface area contributed by atoms with E-state index in [1.54, 1.807) is 4.90 Å². The van der Waals surface area contributed by atoms with Crippen LogP contribution in [0.3, 0.4) is 0 Å². The molecule has 38 heavy (non-hydrogen) atoms. The Morgan fingerprint density at radius 1 is 0.816 bits per heavy atom. The van der Waals surface area contributed by atoms with Crippen molar-refractivity contribution >= 4 is 22.6 Å². The highest BCUT2D eigenvalue weighted by atomic mass is 16.6. The number of hydrogen-bond donors (Lipinski definition) is 1. The predicted octanol–water partition coefficient (Wildman–Crippen LogP) is 6.90. The molecule has 1 N–H and O–H groups in total. The molecule has 1 amide bonds. The van der Waals surface area contributed by atoms with E-state index in [1.807, 2.05) is 60.7 Å². The first-order chi connectivity index (χ1) is 18.7. The van der Waals surface area contributed by atoms with Crippen molar-refractivity contribution in [1.29, 1.82) is 0 Å². The molecular formula is C32H35N3O3. The van der Waals surface area contributed by atoms with Gasteiger partial charge in [-0.05, 0) is 36.1 Å². The van der Waals surface area contributed by atoms with Crippen LogP contribution in [-0.4, -0.2) is 46.8 Å². The number of carbonyl (C=O) groups excluding carboxylic acids is 1. The molecule has 0 unspecified atom stereocenters. The lowest BCUT2D eigenvalue weighted by atomic mass is 9.95. The third-order valence-electron chi connectivity index (χ3n) is 8.09. The van der Waals surface area contributed by atoms with E-state index in [1.165, 1.54) is 19.3 Å². The minimum atomic E-state index is -0.443. The summed E-state index contributed by atoms with van der Waals surface area (Å²) in [6.45, 7) is 2.60. The second-order valence-electron chi connectivity index (χ2n) is 10.5. The van der Waals surface area contributed by atoms with Gasteiger partial charge in [-0.25, -0.2) is 4.79 Å². The van der Waals surface area contributed by atoms with Gasteiger partial charge in [0.1, 0.15) is 0 Å². The third-order valence-corrected chi connectivity index (χ3v) is 8.09. The van der Waals surface area contributed by atoms with Gasteiger partial charge in [0.25, 0.3) is 0 Å². The first-order valence-electron chi connectivity index (χ1n) is 13.8. The van der Waals surface area contributed by atoms with Crippen molar-refractivity contribution < 1.29 is 14.6 Å². The van der Waals surface area contributed by atoms with Crippen molar-refractivity contribution in [1.82, 2.24) is 9.47 Å². The molecule has 2 aliphatic rings. The number of nitrogens with zero attached hydrogens (tertiary/aromatic N) is 3. The third kappa shape index (κ3) is 4.95. The van der Waals surface area contributed by atoms with Gasteiger partial charge in [0.05, 0.1) is 0 Å². The molecule has 4 aromatic rings. The van der Waals surface area contributed by atoms with Crippen molar-refractivity contribution in [2.75, 3.05) is 31.1 Å². The van der Waals surface area contributed by atoms with E-state index in [2.05, 4.69) is 33.9 Å². The van der Waals surface area contributed by atoms with E-state index in [0.29, 0.717) is 38.1 Å². The van der Waals surface area contributed by atoms with Crippen molar-refractivity contribution in [2.24, 2.45) is 0 Å². The van der Waals surface area contributed by atoms with Crippen LogP contribution >= 0.6 is 0 Å². The molecule has 6 heteroatoms. The Morgan fingerprint density at radius 2 is 1.45 bits per heavy atom. The highest BCUT2D eigenvalue weighted by Crippen LogP contribution is 2.38. The Labute approximate surface area is 224 Å². The topological polar surface area (TPSA) is 57.9 Å². The predicted molar refractivity (Wildman–Crippen MR) is 151 cm³/mol. The Bertz CT molecular complexity index is 1330. The van der Waals surface area contributed by atoms with Crippen LogP contribution < -0.4 is 4.90 Å². The summed E-state index contributed by atoms with van der Waals surface area (Å²) in [5, 5.41) is 13.0. The summed E-state index contributed by atoms with van der Waals surface area (Å²) < 4.78 is 8.15. The Kier molecular flexibility index (Phi) is 6.95. The Hall–Kier alpha value is -3.93. The molecule has 0 bridgehead atoms. The average molecular weight is 510 g/mol. The lowest BCUT2D eigenvalue weighted by molar-refractivity contribution is 0.0756. The second-order valence-corrected chi connectivity index (χ2v) is 10.5. The van der Waals surface area contributed by atoms with Crippen molar-refractivity contribution in [3.63, 3.8) is 0 Å². The number of fused-ring (bicyclic) bond motifs is 1. The fourth-order valence-electron chi connectivity index (χ4n) is 5.94. The van der Waals surface area contributed by atoms with Gasteiger partial charge >= 0.3 is 6.09 Å². The number of carbonyl (C=O) groups is 1. The molecule has 1 aromatic heterocycles. The molecule has 1 saturated carbocycles. The number of ether oxygens (including phenoxy) is 1. The maximum atomic E-state index is 13.2. The van der Waals surface area contributed by atoms with Crippen LogP contribution in [0.2, 0.25) is 0 Å². The largest absolute Gasteiger partial charge is 0.494 e. The van der Waals surface area contributed by atoms with Gasteiger partial charge < -0.3 is 24.2 Å². The second kappa shape index (κ2) is 10.8. The van der Waals surface area contributed by atoms with Crippen LogP contribution in [-0.2, 0) is 4.74 Å². The molecule has 0 spiro atoms. The van der Waals surface area contributed by atoms with Gasteiger partial charge in [-0.3, -0.25) is 0 Å². The molecule has 1 saturated heterocycles. The highest BCUT2D eigenvalue weighted by Gasteiger charge is 2.27. The lowest BCUT2D eigenvalue weighted by Crippen LogP contribution is -2.49. The quantitative estimate of drug-likeness (QED) is 0.318. The molecule has 1 aliphatic heterocycles. The Morgan fingerprint density at radius 3 is 2.08 bits per heavy atom. The number of aromatic nitrogens is 1. The van der Waals surface area contributed by atoms with Crippen LogP contribution in [0.4, 0.5) is 10.5 Å². The van der Waals surface area contributed by atoms with Crippen LogP contribution in [0.1, 0.15) is 55.4 Å². The zero-order valence-corrected chi connectivity index (χ0v) is 21.7. The summed E-state index contributed by atoms with van der Waals surface area (Å²) in [7, 11) is 0. The number of piperazine rings is 1. The van der Waals surface area contributed by atoms with E-state index in [9.17, 15) is 9.90 Å². The number of hydrogen-bond acceptors (Lipinski definition) is 4. The van der Waals surface area contributed by atoms with Gasteiger partial charge in [-0.15, -0.1) is 0 Å². The molecule has 0 atom stereocenters. The number of aromatic hydroxyl groups is 1. The zero-order valence-electron chi connectivity index (χ0n) is 21.7. The van der Waals surface area contributed by atoms with Crippen molar-refractivity contribution in [2.45, 2.75) is 44.2 Å². The van der Waals surface area contributed by atoms with Crippen LogP contribution in [0.15, 0.2) is 85.1 Å². The van der Waals surface area contributed by atoms with Crippen LogP contribution in [0.5, 0.6) is 5.88 Å². The van der Waals surface area contributed by atoms with Gasteiger partial charge in [0.2, 0.25) is 0 Å². The molecule has 196 valence electrons. The molecule has 3 aromatic carbocycles. The minimum Gasteiger partial charge on any atom is -0.494 e. The summed E-state index contributed by atoms with van der Waals surface area (Å²) in [5.74, 6) is 0.379. The summed E-state index contributed by atoms with van der Waals surface area (Å²) in [4.78, 5) is 17.3. The summed E-state index contributed by atoms with van der Waals surface area (Å²) >= 11 is 0. The zero-order chi connectivity index (χ0) is 25.9. The maximum absolute atomic E-state index is 13.2. The van der Waals surface area contributed by atoms with E-state index in [-0.39, 0.29) is 6.09 Å². The number of rotatable bonds is 5. The van der Waals surface area contributed by atoms with E-state index in [4.69, 9.17) is 4.74 Å². The van der Waals surface area contributed by atoms with E-state index < -0.39 is 6.10 Å². The summed E-state index contributed by atoms with van der Waals surface area (Å²) in [6.07, 6.45) is 7.39. The lowest BCUT2D eigenvalue weighted by Gasteiger charge is -2.36. The SMILES string of the molecule is O=C(OC(c1ccccc1)c1ccccc1)N1CCN(c2ccc3cn(C4CCCCC4)c(O)c3c2)CC1. The molecule has 0 radical (unpaired) electrons. The highest BCUT2D eigenvalue weighted by molar-refractivity contribution is 5.91. The van der Waals surface area contributed by atoms with Gasteiger partial charge in [0.15, 0.2) is 12.0 Å². The van der Waals surface area contributed by atoms with E-state index in [0.717, 1.165) is 40.4 Å². The first-order valence-corrected chi connectivity index (χ1v) is 13.8. The Balaban J connectivity index is 1.13. The number of amides is 1. The monoisotopic (exact) mass is 509 g/mol. The number of anilines is 1. The molecule has 6 rings (SSSR count). The van der Waals surface area contributed by atoms with Gasteiger partial charge in [0, 0.05) is 54.9 Å². The van der Waals surface area contributed by atoms with Gasteiger partial charge in [-0.2, -0.15) is 0 Å². The summed E-state index contributed by atoms with van der Waals surface area (Å²) in [6, 6.07) is 26.5. The average Bonchev–Trinajstić information content (AvgIpc) is 3.32. The molecule has 1 aliphatic carbocycles. The van der Waals surface area contributed by atoms with Gasteiger partial charge in [-0.1, -0.05) is 86.0 Å². The molecule has 6 nitrogen and oxygen atoms in total. The molecular weight excluding hydrogens is 474 g/mol. The van der Waals surface area contributed by atoms with Crippen LogP contribution in [0.25, 0.3) is 10.8 Å².